The van der Waals surface area contributed by atoms with Crippen molar-refractivity contribution in [2.75, 3.05) is 25.0 Å². The van der Waals surface area contributed by atoms with Crippen LogP contribution in [0.25, 0.3) is 0 Å². The molecule has 0 saturated heterocycles. The number of halogens is 3. The summed E-state index contributed by atoms with van der Waals surface area (Å²) in [6.07, 6.45) is -4.76. The minimum atomic E-state index is -4.76. The molecule has 1 amide bonds. The van der Waals surface area contributed by atoms with E-state index in [1.54, 1.807) is 20.8 Å². The van der Waals surface area contributed by atoms with Gasteiger partial charge in [-0.15, -0.1) is 0 Å². The Morgan fingerprint density at radius 3 is 2.28 bits per heavy atom. The van der Waals surface area contributed by atoms with Gasteiger partial charge >= 0.3 is 12.1 Å². The monoisotopic (exact) mass is 472 g/mol. The second-order valence-electron chi connectivity index (χ2n) is 6.73. The average Bonchev–Trinajstić information content (AvgIpc) is 2.73. The molecule has 0 radical (unpaired) electrons. The first kappa shape index (κ1) is 25.3. The second-order valence-corrected chi connectivity index (χ2v) is 8.67. The van der Waals surface area contributed by atoms with Gasteiger partial charge in [-0.05, 0) is 36.8 Å². The molecule has 0 saturated carbocycles. The Hall–Kier alpha value is -2.92. The van der Waals surface area contributed by atoms with Crippen LogP contribution in [-0.2, 0) is 25.7 Å². The highest BCUT2D eigenvalue weighted by Gasteiger charge is 2.35. The van der Waals surface area contributed by atoms with E-state index >= 15 is 0 Å². The Morgan fingerprint density at radius 2 is 1.69 bits per heavy atom. The zero-order valence-corrected chi connectivity index (χ0v) is 18.5. The summed E-state index contributed by atoms with van der Waals surface area (Å²) < 4.78 is 70.5. The van der Waals surface area contributed by atoms with Crippen molar-refractivity contribution in [2.45, 2.75) is 31.8 Å². The number of carbonyl (C=O) groups excluding carboxylic acids is 2. The molecule has 7 nitrogen and oxygen atoms in total. The molecule has 0 aliphatic rings. The van der Waals surface area contributed by atoms with Crippen molar-refractivity contribution in [1.82, 2.24) is 4.31 Å². The van der Waals surface area contributed by atoms with E-state index in [1.165, 1.54) is 28.6 Å². The number of sulfonamides is 1. The van der Waals surface area contributed by atoms with Crippen LogP contribution in [0.3, 0.4) is 0 Å². The molecule has 0 bridgehead atoms. The molecule has 2 aromatic rings. The van der Waals surface area contributed by atoms with E-state index in [4.69, 9.17) is 4.74 Å². The Morgan fingerprint density at radius 1 is 1.06 bits per heavy atom. The number of hydrogen-bond acceptors (Lipinski definition) is 5. The molecule has 2 rings (SSSR count). The van der Waals surface area contributed by atoms with Gasteiger partial charge in [0.05, 0.1) is 16.0 Å². The number of esters is 1. The van der Waals surface area contributed by atoms with Gasteiger partial charge in [0.2, 0.25) is 10.0 Å². The lowest BCUT2D eigenvalue weighted by atomic mass is 10.1. The maximum absolute atomic E-state index is 13.0. The largest absolute Gasteiger partial charge is 0.452 e. The fourth-order valence-electron chi connectivity index (χ4n) is 2.91. The highest BCUT2D eigenvalue weighted by molar-refractivity contribution is 7.89. The number of rotatable bonds is 8. The van der Waals surface area contributed by atoms with E-state index < -0.39 is 45.8 Å². The van der Waals surface area contributed by atoms with Crippen LogP contribution in [0, 0.1) is 6.92 Å². The van der Waals surface area contributed by atoms with E-state index in [1.807, 2.05) is 0 Å². The minimum Gasteiger partial charge on any atom is -0.452 e. The minimum absolute atomic E-state index is 0.0294. The molecular formula is C21H23F3N2O5S. The summed E-state index contributed by atoms with van der Waals surface area (Å²) in [5.74, 6) is -2.13. The second kappa shape index (κ2) is 10.1. The Balaban J connectivity index is 2.14. The molecule has 0 fully saturated rings. The van der Waals surface area contributed by atoms with Crippen molar-refractivity contribution in [3.8, 4) is 0 Å². The summed E-state index contributed by atoms with van der Waals surface area (Å²) in [6.45, 7) is 4.71. The molecule has 0 aliphatic carbocycles. The van der Waals surface area contributed by atoms with E-state index in [0.29, 0.717) is 5.56 Å². The number of benzene rings is 2. The normalized spacial score (nSPS) is 12.0. The van der Waals surface area contributed by atoms with Gasteiger partial charge < -0.3 is 10.1 Å². The van der Waals surface area contributed by atoms with Gasteiger partial charge in [-0.1, -0.05) is 32.0 Å². The van der Waals surface area contributed by atoms with Gasteiger partial charge in [0, 0.05) is 18.8 Å². The number of hydrogen-bond donors (Lipinski definition) is 1. The predicted octanol–water partition coefficient (Wildman–Crippen LogP) is 3.84. The number of carbonyl (C=O) groups is 2. The molecule has 0 aromatic heterocycles. The number of aryl methyl sites for hydroxylation is 1. The number of anilines is 1. The molecule has 32 heavy (non-hydrogen) atoms. The zero-order valence-electron chi connectivity index (χ0n) is 17.7. The van der Waals surface area contributed by atoms with E-state index in [0.717, 1.165) is 18.2 Å². The topological polar surface area (TPSA) is 92.8 Å². The summed E-state index contributed by atoms with van der Waals surface area (Å²) in [5.41, 5.74) is -1.16. The third-order valence-electron chi connectivity index (χ3n) is 4.61. The lowest BCUT2D eigenvalue weighted by Crippen LogP contribution is -2.30. The van der Waals surface area contributed by atoms with Crippen molar-refractivity contribution in [3.05, 3.63) is 59.2 Å². The number of nitrogens with zero attached hydrogens (tertiary/aromatic N) is 1. The molecule has 174 valence electrons. The first-order valence-electron chi connectivity index (χ1n) is 9.65. The highest BCUT2D eigenvalue weighted by atomic mass is 32.2. The van der Waals surface area contributed by atoms with Crippen LogP contribution in [0.4, 0.5) is 18.9 Å². The quantitative estimate of drug-likeness (QED) is 0.590. The van der Waals surface area contributed by atoms with Gasteiger partial charge in [-0.25, -0.2) is 13.2 Å². The Bertz CT molecular complexity index is 1100. The fourth-order valence-corrected chi connectivity index (χ4v) is 4.40. The van der Waals surface area contributed by atoms with E-state index in [2.05, 4.69) is 5.32 Å². The standard InChI is InChI=1S/C21H23F3N2O5S/c1-4-26(5-2)32(29,30)15-11-10-14(3)18(12-15)25-19(27)13-31-20(28)16-8-6-7-9-17(16)21(22,23)24/h6-12H,4-5,13H2,1-3H3,(H,25,27). The fraction of sp³-hybridized carbons (Fsp3) is 0.333. The summed E-state index contributed by atoms with van der Waals surface area (Å²) in [4.78, 5) is 24.3. The van der Waals surface area contributed by atoms with Gasteiger partial charge in [0.1, 0.15) is 0 Å². The number of amides is 1. The number of ether oxygens (including phenoxy) is 1. The Labute approximate surface area is 184 Å². The molecule has 0 heterocycles. The Kier molecular flexibility index (Phi) is 8.02. The maximum Gasteiger partial charge on any atom is 0.417 e. The molecular weight excluding hydrogens is 449 g/mol. The maximum atomic E-state index is 13.0. The third kappa shape index (κ3) is 5.86. The number of alkyl halides is 3. The van der Waals surface area contributed by atoms with Gasteiger partial charge in [0.25, 0.3) is 5.91 Å². The van der Waals surface area contributed by atoms with Crippen LogP contribution in [0.1, 0.15) is 35.3 Å². The predicted molar refractivity (Wildman–Crippen MR) is 112 cm³/mol. The van der Waals surface area contributed by atoms with Crippen molar-refractivity contribution in [3.63, 3.8) is 0 Å². The summed E-state index contributed by atoms with van der Waals surface area (Å²) >= 11 is 0. The first-order valence-corrected chi connectivity index (χ1v) is 11.1. The van der Waals surface area contributed by atoms with Crippen molar-refractivity contribution in [1.29, 1.82) is 0 Å². The van der Waals surface area contributed by atoms with Crippen molar-refractivity contribution < 1.29 is 35.9 Å². The third-order valence-corrected chi connectivity index (χ3v) is 6.66. The molecule has 0 unspecified atom stereocenters. The summed E-state index contributed by atoms with van der Waals surface area (Å²) in [7, 11) is -3.77. The van der Waals surface area contributed by atoms with Gasteiger partial charge in [-0.2, -0.15) is 17.5 Å². The van der Waals surface area contributed by atoms with E-state index in [-0.39, 0.29) is 23.7 Å². The number of nitrogens with one attached hydrogen (secondary N) is 1. The molecule has 2 aromatic carbocycles. The van der Waals surface area contributed by atoms with Crippen LogP contribution in [0.2, 0.25) is 0 Å². The average molecular weight is 472 g/mol. The van der Waals surface area contributed by atoms with Crippen LogP contribution in [-0.4, -0.2) is 44.3 Å². The van der Waals surface area contributed by atoms with Crippen molar-refractivity contribution >= 4 is 27.6 Å². The summed E-state index contributed by atoms with van der Waals surface area (Å²) in [5, 5.41) is 2.43. The van der Waals surface area contributed by atoms with Gasteiger partial charge in [-0.3, -0.25) is 4.79 Å². The van der Waals surface area contributed by atoms with Crippen LogP contribution >= 0.6 is 0 Å². The zero-order chi connectivity index (χ0) is 24.1. The smallest absolute Gasteiger partial charge is 0.417 e. The lowest BCUT2D eigenvalue weighted by molar-refractivity contribution is -0.138. The van der Waals surface area contributed by atoms with Crippen molar-refractivity contribution in [2.24, 2.45) is 0 Å². The molecule has 11 heteroatoms. The summed E-state index contributed by atoms with van der Waals surface area (Å²) in [6, 6.07) is 8.27. The SMILES string of the molecule is CCN(CC)S(=O)(=O)c1ccc(C)c(NC(=O)COC(=O)c2ccccc2C(F)(F)F)c1. The van der Waals surface area contributed by atoms with Crippen LogP contribution in [0.15, 0.2) is 47.4 Å². The van der Waals surface area contributed by atoms with Crippen LogP contribution < -0.4 is 5.32 Å². The van der Waals surface area contributed by atoms with E-state index in [9.17, 15) is 31.2 Å². The molecule has 0 aliphatic heterocycles. The molecule has 0 atom stereocenters. The molecule has 1 N–H and O–H groups in total. The molecule has 0 spiro atoms. The van der Waals surface area contributed by atoms with Gasteiger partial charge in [0.15, 0.2) is 6.61 Å². The van der Waals surface area contributed by atoms with Crippen LogP contribution in [0.5, 0.6) is 0 Å². The highest BCUT2D eigenvalue weighted by Crippen LogP contribution is 2.32. The lowest BCUT2D eigenvalue weighted by Gasteiger charge is -2.19. The first-order chi connectivity index (χ1) is 14.9.